The molecule has 0 saturated carbocycles. The largest absolute Gasteiger partial charge is 0.493 e. The van der Waals surface area contributed by atoms with E-state index in [1.165, 1.54) is 0 Å². The molecule has 34 heavy (non-hydrogen) atoms. The molecule has 0 radical (unpaired) electrons. The molecule has 0 aliphatic carbocycles. The molecule has 7 heteroatoms. The Morgan fingerprint density at radius 2 is 1.91 bits per heavy atom. The fourth-order valence-electron chi connectivity index (χ4n) is 3.79. The second-order valence-electron chi connectivity index (χ2n) is 8.91. The highest BCUT2D eigenvalue weighted by Gasteiger charge is 2.30. The molecule has 1 amide bonds. The van der Waals surface area contributed by atoms with Crippen molar-refractivity contribution >= 4 is 29.2 Å². The number of carbonyl (C=O) groups excluding carboxylic acids is 1. The van der Waals surface area contributed by atoms with Gasteiger partial charge in [-0.1, -0.05) is 41.9 Å². The number of para-hydroxylation sites is 1. The van der Waals surface area contributed by atoms with E-state index in [1.807, 2.05) is 31.2 Å². The highest BCUT2D eigenvalue weighted by atomic mass is 35.5. The Kier molecular flexibility index (Phi) is 6.53. The summed E-state index contributed by atoms with van der Waals surface area (Å²) >= 11 is 6.41. The monoisotopic (exact) mass is 479 g/mol. The first kappa shape index (κ1) is 23.6. The van der Waals surface area contributed by atoms with Crippen molar-refractivity contribution in [1.29, 1.82) is 0 Å². The van der Waals surface area contributed by atoms with Gasteiger partial charge in [-0.15, -0.1) is 0 Å². The Labute approximate surface area is 203 Å². The number of ether oxygens (including phenoxy) is 2. The molecule has 1 atom stereocenters. The van der Waals surface area contributed by atoms with Crippen molar-refractivity contribution in [2.45, 2.75) is 32.1 Å². The number of amides is 1. The third-order valence-electron chi connectivity index (χ3n) is 6.18. The van der Waals surface area contributed by atoms with Crippen molar-refractivity contribution in [1.82, 2.24) is 0 Å². The number of carboxylic acid groups (broad SMARTS) is 1. The van der Waals surface area contributed by atoms with E-state index in [0.29, 0.717) is 35.8 Å². The zero-order valence-electron chi connectivity index (χ0n) is 19.2. The van der Waals surface area contributed by atoms with Crippen LogP contribution in [0.25, 0.3) is 0 Å². The topological polar surface area (TPSA) is 84.9 Å². The molecule has 6 nitrogen and oxygen atoms in total. The van der Waals surface area contributed by atoms with Gasteiger partial charge in [0.15, 0.2) is 0 Å². The SMILES string of the molecule is Cc1ccc(C(C)(C)C(=O)O)cc1NC(=O)c1ccc(OC[C@H]2COc3ccccc32)cc1Cl. The van der Waals surface area contributed by atoms with Gasteiger partial charge in [0.2, 0.25) is 0 Å². The number of rotatable bonds is 7. The van der Waals surface area contributed by atoms with Gasteiger partial charge in [-0.2, -0.15) is 0 Å². The first-order valence-corrected chi connectivity index (χ1v) is 11.3. The normalized spacial score (nSPS) is 14.8. The number of nitrogens with one attached hydrogen (secondary N) is 1. The van der Waals surface area contributed by atoms with Crippen LogP contribution < -0.4 is 14.8 Å². The number of aryl methyl sites for hydroxylation is 1. The van der Waals surface area contributed by atoms with Crippen LogP contribution in [0.5, 0.6) is 11.5 Å². The van der Waals surface area contributed by atoms with Gasteiger partial charge in [-0.3, -0.25) is 9.59 Å². The Hall–Kier alpha value is -3.51. The van der Waals surface area contributed by atoms with E-state index < -0.39 is 11.4 Å². The summed E-state index contributed by atoms with van der Waals surface area (Å²) < 4.78 is 11.6. The van der Waals surface area contributed by atoms with Crippen molar-refractivity contribution in [3.8, 4) is 11.5 Å². The summed E-state index contributed by atoms with van der Waals surface area (Å²) in [7, 11) is 0. The average Bonchev–Trinajstić information content (AvgIpc) is 3.22. The standard InChI is InChI=1S/C27H26ClNO5/c1-16-8-9-18(27(2,3)26(31)32)12-23(16)29-25(30)21-11-10-19(13-22(21)28)33-14-17-15-34-24-7-5-4-6-20(17)24/h4-13,17H,14-15H2,1-3H3,(H,29,30)(H,31,32)/t17-/m0/s1. The second kappa shape index (κ2) is 9.39. The lowest BCUT2D eigenvalue weighted by Gasteiger charge is -2.21. The molecule has 3 aromatic rings. The quantitative estimate of drug-likeness (QED) is 0.446. The molecule has 0 saturated heterocycles. The Bertz CT molecular complexity index is 1250. The summed E-state index contributed by atoms with van der Waals surface area (Å²) in [4.78, 5) is 24.5. The summed E-state index contributed by atoms with van der Waals surface area (Å²) in [5, 5.41) is 12.6. The number of aliphatic carboxylic acids is 1. The number of carboxylic acids is 1. The van der Waals surface area contributed by atoms with E-state index in [2.05, 4.69) is 5.32 Å². The minimum atomic E-state index is -1.09. The van der Waals surface area contributed by atoms with E-state index in [-0.39, 0.29) is 16.8 Å². The molecular formula is C27H26ClNO5. The minimum Gasteiger partial charge on any atom is -0.493 e. The highest BCUT2D eigenvalue weighted by Crippen LogP contribution is 2.34. The van der Waals surface area contributed by atoms with Gasteiger partial charge < -0.3 is 19.9 Å². The van der Waals surface area contributed by atoms with E-state index >= 15 is 0 Å². The summed E-state index contributed by atoms with van der Waals surface area (Å²) in [6, 6.07) is 18.1. The van der Waals surface area contributed by atoms with Crippen LogP contribution in [0.2, 0.25) is 5.02 Å². The van der Waals surface area contributed by atoms with Gasteiger partial charge in [0.05, 0.1) is 35.1 Å². The summed E-state index contributed by atoms with van der Waals surface area (Å²) in [6.07, 6.45) is 0. The zero-order valence-corrected chi connectivity index (χ0v) is 20.0. The third-order valence-corrected chi connectivity index (χ3v) is 6.49. The summed E-state index contributed by atoms with van der Waals surface area (Å²) in [5.74, 6) is 0.241. The molecule has 3 aromatic carbocycles. The molecule has 0 unspecified atom stereocenters. The lowest BCUT2D eigenvalue weighted by molar-refractivity contribution is -0.142. The number of fused-ring (bicyclic) bond motifs is 1. The molecular weight excluding hydrogens is 454 g/mol. The summed E-state index contributed by atoms with van der Waals surface area (Å²) in [6.45, 7) is 6.08. The maximum atomic E-state index is 12.9. The van der Waals surface area contributed by atoms with Gasteiger partial charge in [-0.05, 0) is 62.2 Å². The number of halogens is 1. The molecule has 0 aromatic heterocycles. The van der Waals surface area contributed by atoms with Gasteiger partial charge in [-0.25, -0.2) is 0 Å². The van der Waals surface area contributed by atoms with E-state index in [9.17, 15) is 14.7 Å². The summed E-state index contributed by atoms with van der Waals surface area (Å²) in [5.41, 5.74) is 2.27. The third kappa shape index (κ3) is 4.73. The number of carbonyl (C=O) groups is 2. The predicted molar refractivity (Wildman–Crippen MR) is 131 cm³/mol. The van der Waals surface area contributed by atoms with E-state index in [4.69, 9.17) is 21.1 Å². The molecule has 1 heterocycles. The van der Waals surface area contributed by atoms with Crippen LogP contribution in [0.1, 0.15) is 46.8 Å². The lowest BCUT2D eigenvalue weighted by atomic mass is 9.84. The molecule has 4 rings (SSSR count). The number of hydrogen-bond donors (Lipinski definition) is 2. The van der Waals surface area contributed by atoms with Crippen LogP contribution in [-0.4, -0.2) is 30.2 Å². The minimum absolute atomic E-state index is 0.128. The number of benzene rings is 3. The first-order chi connectivity index (χ1) is 16.2. The van der Waals surface area contributed by atoms with Crippen molar-refractivity contribution in [3.05, 3.63) is 87.9 Å². The van der Waals surface area contributed by atoms with E-state index in [1.54, 1.807) is 50.2 Å². The van der Waals surface area contributed by atoms with Crippen LogP contribution in [-0.2, 0) is 10.2 Å². The molecule has 1 aliphatic rings. The fourth-order valence-corrected chi connectivity index (χ4v) is 4.05. The van der Waals surface area contributed by atoms with Gasteiger partial charge in [0.25, 0.3) is 5.91 Å². The fraction of sp³-hybridized carbons (Fsp3) is 0.259. The van der Waals surface area contributed by atoms with Crippen LogP contribution in [0.15, 0.2) is 60.7 Å². The van der Waals surface area contributed by atoms with Crippen molar-refractivity contribution in [3.63, 3.8) is 0 Å². The van der Waals surface area contributed by atoms with Crippen molar-refractivity contribution in [2.24, 2.45) is 0 Å². The molecule has 176 valence electrons. The number of anilines is 1. The Balaban J connectivity index is 1.45. The smallest absolute Gasteiger partial charge is 0.313 e. The van der Waals surface area contributed by atoms with E-state index in [0.717, 1.165) is 16.9 Å². The second-order valence-corrected chi connectivity index (χ2v) is 9.32. The maximum Gasteiger partial charge on any atom is 0.313 e. The Morgan fingerprint density at radius 3 is 2.65 bits per heavy atom. The highest BCUT2D eigenvalue weighted by molar-refractivity contribution is 6.34. The maximum absolute atomic E-state index is 12.9. The van der Waals surface area contributed by atoms with Gasteiger partial charge in [0, 0.05) is 11.3 Å². The van der Waals surface area contributed by atoms with Crippen molar-refractivity contribution in [2.75, 3.05) is 18.5 Å². The van der Waals surface area contributed by atoms with Gasteiger partial charge in [0.1, 0.15) is 11.5 Å². The van der Waals surface area contributed by atoms with Crippen molar-refractivity contribution < 1.29 is 24.2 Å². The lowest BCUT2D eigenvalue weighted by Crippen LogP contribution is -2.28. The molecule has 0 bridgehead atoms. The zero-order chi connectivity index (χ0) is 24.5. The average molecular weight is 480 g/mol. The van der Waals surface area contributed by atoms with Crippen LogP contribution in [0.3, 0.4) is 0 Å². The Morgan fingerprint density at radius 1 is 1.15 bits per heavy atom. The first-order valence-electron chi connectivity index (χ1n) is 11.0. The van der Waals surface area contributed by atoms with Crippen LogP contribution in [0.4, 0.5) is 5.69 Å². The molecule has 0 spiro atoms. The molecule has 0 fully saturated rings. The van der Waals surface area contributed by atoms with Gasteiger partial charge >= 0.3 is 5.97 Å². The molecule has 1 aliphatic heterocycles. The van der Waals surface area contributed by atoms with Crippen LogP contribution >= 0.6 is 11.6 Å². The predicted octanol–water partition coefficient (Wildman–Crippen LogP) is 5.82. The number of hydrogen-bond acceptors (Lipinski definition) is 4. The van der Waals surface area contributed by atoms with Crippen LogP contribution in [0, 0.1) is 6.92 Å². The molecule has 2 N–H and O–H groups in total.